The highest BCUT2D eigenvalue weighted by Crippen LogP contribution is 2.39. The highest BCUT2D eigenvalue weighted by Gasteiger charge is 2.29. The first-order valence-electron chi connectivity index (χ1n) is 9.54. The van der Waals surface area contributed by atoms with Gasteiger partial charge >= 0.3 is 0 Å². The van der Waals surface area contributed by atoms with E-state index >= 15 is 0 Å². The molecule has 0 saturated heterocycles. The first-order valence-corrected chi connectivity index (χ1v) is 10.3. The maximum absolute atomic E-state index is 10.5. The number of fused-ring (bicyclic) bond motifs is 1. The van der Waals surface area contributed by atoms with Gasteiger partial charge in [-0.3, -0.25) is 10.3 Å². The summed E-state index contributed by atoms with van der Waals surface area (Å²) in [6.45, 7) is 0.216. The van der Waals surface area contributed by atoms with E-state index in [4.69, 9.17) is 37.7 Å². The number of aromatic hydroxyl groups is 1. The van der Waals surface area contributed by atoms with Gasteiger partial charge in [0, 0.05) is 39.3 Å². The Hall–Kier alpha value is -2.73. The van der Waals surface area contributed by atoms with Crippen molar-refractivity contribution >= 4 is 28.9 Å². The van der Waals surface area contributed by atoms with Gasteiger partial charge in [0.1, 0.15) is 11.9 Å². The van der Waals surface area contributed by atoms with Gasteiger partial charge in [0.15, 0.2) is 11.5 Å². The molecule has 0 bridgehead atoms. The van der Waals surface area contributed by atoms with Crippen molar-refractivity contribution in [2.75, 3.05) is 6.79 Å². The molecule has 3 aromatic rings. The fourth-order valence-electron chi connectivity index (χ4n) is 3.82. The number of ether oxygens (including phenoxy) is 2. The Kier molecular flexibility index (Phi) is 5.03. The van der Waals surface area contributed by atoms with Crippen LogP contribution in [0.4, 0.5) is 0 Å². The maximum atomic E-state index is 10.5. The lowest BCUT2D eigenvalue weighted by molar-refractivity contribution is 0.174. The van der Waals surface area contributed by atoms with E-state index in [2.05, 4.69) is 5.32 Å². The number of nitrogens with zero attached hydrogens (tertiary/aromatic N) is 1. The predicted molar refractivity (Wildman–Crippen MR) is 117 cm³/mol. The van der Waals surface area contributed by atoms with Gasteiger partial charge in [-0.1, -0.05) is 41.4 Å². The van der Waals surface area contributed by atoms with Crippen LogP contribution in [0, 0.1) is 0 Å². The monoisotopic (exact) mass is 440 g/mol. The van der Waals surface area contributed by atoms with Gasteiger partial charge < -0.3 is 14.6 Å². The highest BCUT2D eigenvalue weighted by atomic mass is 35.5. The third kappa shape index (κ3) is 3.60. The Morgan fingerprint density at radius 1 is 0.933 bits per heavy atom. The largest absolute Gasteiger partial charge is 0.508 e. The molecule has 2 aliphatic rings. The number of rotatable bonds is 3. The Labute approximate surface area is 183 Å². The van der Waals surface area contributed by atoms with Crippen molar-refractivity contribution in [2.24, 2.45) is 4.99 Å². The van der Waals surface area contributed by atoms with Gasteiger partial charge in [-0.15, -0.1) is 0 Å². The van der Waals surface area contributed by atoms with Crippen LogP contribution < -0.4 is 14.8 Å². The molecule has 0 spiro atoms. The number of hydrogen-bond donors (Lipinski definition) is 2. The molecule has 30 heavy (non-hydrogen) atoms. The maximum Gasteiger partial charge on any atom is 0.231 e. The van der Waals surface area contributed by atoms with Gasteiger partial charge in [0.05, 0.1) is 0 Å². The molecule has 0 fully saturated rings. The summed E-state index contributed by atoms with van der Waals surface area (Å²) >= 11 is 12.7. The molecule has 0 aromatic heterocycles. The summed E-state index contributed by atoms with van der Waals surface area (Å²) in [4.78, 5) is 4.95. The number of halogens is 2. The van der Waals surface area contributed by atoms with Gasteiger partial charge in [0.25, 0.3) is 0 Å². The molecule has 2 aliphatic heterocycles. The number of phenols is 1. The predicted octanol–water partition coefficient (Wildman–Crippen LogP) is 5.65. The molecular weight excluding hydrogens is 423 g/mol. The SMILES string of the molecule is Oc1ccc(Cl)cc1[C@H]1CC(c2ccc3c(c2)OCO3)=N[C@@H](c2ccccc2Cl)N1. The average Bonchev–Trinajstić information content (AvgIpc) is 3.23. The van der Waals surface area contributed by atoms with Crippen LogP contribution in [0.3, 0.4) is 0 Å². The molecule has 152 valence electrons. The Morgan fingerprint density at radius 2 is 1.77 bits per heavy atom. The summed E-state index contributed by atoms with van der Waals surface area (Å²) < 4.78 is 11.0. The van der Waals surface area contributed by atoms with Crippen molar-refractivity contribution in [3.05, 3.63) is 87.4 Å². The number of aliphatic imine (C=N–C) groups is 1. The van der Waals surface area contributed by atoms with Crippen LogP contribution in [0.15, 0.2) is 65.7 Å². The highest BCUT2D eigenvalue weighted by molar-refractivity contribution is 6.31. The molecule has 0 radical (unpaired) electrons. The molecule has 0 amide bonds. The Morgan fingerprint density at radius 3 is 2.63 bits per heavy atom. The minimum Gasteiger partial charge on any atom is -0.508 e. The summed E-state index contributed by atoms with van der Waals surface area (Å²) in [5.74, 6) is 1.60. The molecule has 0 saturated carbocycles. The summed E-state index contributed by atoms with van der Waals surface area (Å²) in [7, 11) is 0. The summed E-state index contributed by atoms with van der Waals surface area (Å²) in [6, 6.07) is 18.2. The van der Waals surface area contributed by atoms with Crippen LogP contribution in [-0.4, -0.2) is 17.6 Å². The fraction of sp³-hybridized carbons (Fsp3) is 0.174. The van der Waals surface area contributed by atoms with Gasteiger partial charge in [0.2, 0.25) is 6.79 Å². The lowest BCUT2D eigenvalue weighted by atomic mass is 9.93. The van der Waals surface area contributed by atoms with E-state index in [0.29, 0.717) is 27.8 Å². The summed E-state index contributed by atoms with van der Waals surface area (Å²) in [6.07, 6.45) is 0.186. The lowest BCUT2D eigenvalue weighted by Gasteiger charge is -2.31. The van der Waals surface area contributed by atoms with Gasteiger partial charge in [-0.25, -0.2) is 0 Å². The molecule has 0 unspecified atom stereocenters. The number of hydrogen-bond acceptors (Lipinski definition) is 5. The second-order valence-corrected chi connectivity index (χ2v) is 8.04. The molecular formula is C23H18Cl2N2O3. The van der Waals surface area contributed by atoms with Crippen LogP contribution in [0.25, 0.3) is 0 Å². The molecule has 2 heterocycles. The lowest BCUT2D eigenvalue weighted by Crippen LogP contribution is -2.33. The zero-order chi connectivity index (χ0) is 20.7. The summed E-state index contributed by atoms with van der Waals surface area (Å²) in [5.41, 5.74) is 3.39. The van der Waals surface area contributed by atoms with Crippen LogP contribution >= 0.6 is 23.2 Å². The Bertz CT molecular complexity index is 1150. The third-order valence-electron chi connectivity index (χ3n) is 5.31. The van der Waals surface area contributed by atoms with Crippen molar-refractivity contribution in [3.8, 4) is 17.2 Å². The first kappa shape index (κ1) is 19.2. The van der Waals surface area contributed by atoms with Gasteiger partial charge in [-0.05, 0) is 48.0 Å². The molecule has 2 atom stereocenters. The second kappa shape index (κ2) is 7.84. The van der Waals surface area contributed by atoms with Crippen LogP contribution in [0.5, 0.6) is 17.2 Å². The van der Waals surface area contributed by atoms with Gasteiger partial charge in [-0.2, -0.15) is 0 Å². The van der Waals surface area contributed by atoms with E-state index in [9.17, 15) is 5.11 Å². The standard InChI is InChI=1S/C23H18Cl2N2O3/c24-14-6-7-20(28)16(10-14)19-11-18(13-5-8-21-22(9-13)30-12-29-21)26-23(27-19)15-3-1-2-4-17(15)25/h1-10,19,23,27-28H,11-12H2/t19-,23-/m1/s1. The number of nitrogens with one attached hydrogen (secondary N) is 1. The second-order valence-electron chi connectivity index (χ2n) is 7.19. The van der Waals surface area contributed by atoms with E-state index in [-0.39, 0.29) is 24.8 Å². The van der Waals surface area contributed by atoms with Crippen molar-refractivity contribution in [1.29, 1.82) is 0 Å². The van der Waals surface area contributed by atoms with Crippen molar-refractivity contribution in [2.45, 2.75) is 18.6 Å². The quantitative estimate of drug-likeness (QED) is 0.552. The van der Waals surface area contributed by atoms with E-state index in [1.54, 1.807) is 18.2 Å². The molecule has 5 nitrogen and oxygen atoms in total. The molecule has 5 rings (SSSR count). The fourth-order valence-corrected chi connectivity index (χ4v) is 4.24. The number of phenolic OH excluding ortho intramolecular Hbond substituents is 1. The van der Waals surface area contributed by atoms with Crippen molar-refractivity contribution in [3.63, 3.8) is 0 Å². The van der Waals surface area contributed by atoms with E-state index < -0.39 is 0 Å². The minimum absolute atomic E-state index is 0.182. The molecule has 2 N–H and O–H groups in total. The summed E-state index contributed by atoms with van der Waals surface area (Å²) in [5, 5.41) is 15.2. The Balaban J connectivity index is 1.59. The average molecular weight is 441 g/mol. The third-order valence-corrected chi connectivity index (χ3v) is 5.89. The van der Waals surface area contributed by atoms with Crippen molar-refractivity contribution in [1.82, 2.24) is 5.32 Å². The smallest absolute Gasteiger partial charge is 0.231 e. The zero-order valence-electron chi connectivity index (χ0n) is 15.8. The number of benzene rings is 3. The topological polar surface area (TPSA) is 63.1 Å². The van der Waals surface area contributed by atoms with Crippen LogP contribution in [-0.2, 0) is 0 Å². The minimum atomic E-state index is -0.378. The molecule has 0 aliphatic carbocycles. The van der Waals surface area contributed by atoms with Crippen molar-refractivity contribution < 1.29 is 14.6 Å². The molecule has 3 aromatic carbocycles. The van der Waals surface area contributed by atoms with Crippen LogP contribution in [0.1, 0.15) is 35.3 Å². The normalized spacial score (nSPS) is 20.1. The molecule has 7 heteroatoms. The van der Waals surface area contributed by atoms with E-state index in [1.165, 1.54) is 0 Å². The zero-order valence-corrected chi connectivity index (χ0v) is 17.3. The van der Waals surface area contributed by atoms with Crippen LogP contribution in [0.2, 0.25) is 10.0 Å². The van der Waals surface area contributed by atoms with E-state index in [0.717, 1.165) is 22.6 Å². The van der Waals surface area contributed by atoms with E-state index in [1.807, 2.05) is 42.5 Å². The first-order chi connectivity index (χ1) is 14.6.